The number of carbonyl (C=O) groups excluding carboxylic acids is 1. The van der Waals surface area contributed by atoms with Crippen LogP contribution >= 0.6 is 0 Å². The van der Waals surface area contributed by atoms with Gasteiger partial charge in [-0.2, -0.15) is 0 Å². The Morgan fingerprint density at radius 2 is 2.06 bits per heavy atom. The average molecular weight is 226 g/mol. The zero-order valence-corrected chi connectivity index (χ0v) is 10.1. The van der Waals surface area contributed by atoms with Gasteiger partial charge in [0.15, 0.2) is 5.78 Å². The number of amides is 1. The van der Waals surface area contributed by atoms with Gasteiger partial charge in [-0.15, -0.1) is 0 Å². The van der Waals surface area contributed by atoms with E-state index in [0.717, 1.165) is 0 Å². The molecule has 1 amide bonds. The van der Waals surface area contributed by atoms with Crippen LogP contribution in [0.25, 0.3) is 0 Å². The van der Waals surface area contributed by atoms with Crippen LogP contribution in [0.2, 0.25) is 0 Å². The normalized spacial score (nSPS) is 22.4. The van der Waals surface area contributed by atoms with E-state index in [1.165, 1.54) is 4.90 Å². The van der Waals surface area contributed by atoms with Crippen LogP contribution in [-0.2, 0) is 4.79 Å². The van der Waals surface area contributed by atoms with Crippen molar-refractivity contribution < 1.29 is 14.7 Å². The van der Waals surface area contributed by atoms with Gasteiger partial charge < -0.3 is 14.9 Å². The number of ketones is 1. The highest BCUT2D eigenvalue weighted by atomic mass is 16.4. The molecule has 0 aliphatic carbocycles. The molecular formula is C11H18N2O3. The minimum atomic E-state index is -0.981. The summed E-state index contributed by atoms with van der Waals surface area (Å²) in [5.41, 5.74) is -0.0953. The number of carbonyl (C=O) groups is 2. The molecule has 0 bridgehead atoms. The fraction of sp³-hybridized carbons (Fsp3) is 0.636. The molecule has 90 valence electrons. The van der Waals surface area contributed by atoms with E-state index in [9.17, 15) is 9.59 Å². The Labute approximate surface area is 95.3 Å². The lowest BCUT2D eigenvalue weighted by molar-refractivity contribution is -0.126. The number of likely N-dealkylation sites (tertiary alicyclic amines) is 1. The first-order valence-electron chi connectivity index (χ1n) is 5.14. The first-order chi connectivity index (χ1) is 7.24. The van der Waals surface area contributed by atoms with E-state index >= 15 is 0 Å². The molecule has 1 N–H and O–H groups in total. The van der Waals surface area contributed by atoms with Crippen molar-refractivity contribution in [1.29, 1.82) is 0 Å². The van der Waals surface area contributed by atoms with Crippen LogP contribution in [0.15, 0.2) is 11.8 Å². The topological polar surface area (TPSA) is 60.9 Å². The van der Waals surface area contributed by atoms with E-state index in [4.69, 9.17) is 5.11 Å². The molecule has 0 saturated carbocycles. The summed E-state index contributed by atoms with van der Waals surface area (Å²) in [7, 11) is 3.62. The van der Waals surface area contributed by atoms with E-state index in [0.29, 0.717) is 5.57 Å². The molecule has 1 rings (SSSR count). The van der Waals surface area contributed by atoms with Gasteiger partial charge in [-0.1, -0.05) is 13.8 Å². The smallest absolute Gasteiger partial charge is 0.407 e. The highest BCUT2D eigenvalue weighted by molar-refractivity contribution is 6.01. The molecular weight excluding hydrogens is 208 g/mol. The molecule has 0 aromatic carbocycles. The summed E-state index contributed by atoms with van der Waals surface area (Å²) >= 11 is 0. The summed E-state index contributed by atoms with van der Waals surface area (Å²) in [6, 6.07) is 0. The summed E-state index contributed by atoms with van der Waals surface area (Å²) in [4.78, 5) is 26.0. The second-order valence-electron chi connectivity index (χ2n) is 4.97. The number of nitrogens with zero attached hydrogens (tertiary/aromatic N) is 2. The van der Waals surface area contributed by atoms with Crippen molar-refractivity contribution in [1.82, 2.24) is 9.80 Å². The van der Waals surface area contributed by atoms with Crippen LogP contribution in [0, 0.1) is 5.41 Å². The van der Waals surface area contributed by atoms with Gasteiger partial charge in [0.05, 0.1) is 6.54 Å². The van der Waals surface area contributed by atoms with Crippen LogP contribution < -0.4 is 0 Å². The molecule has 0 unspecified atom stereocenters. The SMILES string of the molecule is CN(C)/C=C1/CN(C(=O)O)CC(C)(C)C1=O. The van der Waals surface area contributed by atoms with E-state index in [-0.39, 0.29) is 18.9 Å². The predicted octanol–water partition coefficient (Wildman–Crippen LogP) is 1.02. The van der Waals surface area contributed by atoms with Crippen molar-refractivity contribution in [3.8, 4) is 0 Å². The molecule has 1 heterocycles. The van der Waals surface area contributed by atoms with Crippen LogP contribution in [-0.4, -0.2) is 54.0 Å². The fourth-order valence-electron chi connectivity index (χ4n) is 1.86. The summed E-state index contributed by atoms with van der Waals surface area (Å²) in [5, 5.41) is 8.98. The van der Waals surface area contributed by atoms with Gasteiger partial charge in [-0.3, -0.25) is 4.79 Å². The molecule has 0 aromatic heterocycles. The lowest BCUT2D eigenvalue weighted by atomic mass is 9.80. The van der Waals surface area contributed by atoms with Gasteiger partial charge >= 0.3 is 6.09 Å². The quantitative estimate of drug-likeness (QED) is 0.678. The molecule has 1 fully saturated rings. The lowest BCUT2D eigenvalue weighted by Gasteiger charge is -2.36. The fourth-order valence-corrected chi connectivity index (χ4v) is 1.86. The first kappa shape index (κ1) is 12.5. The number of piperidine rings is 1. The number of hydrogen-bond donors (Lipinski definition) is 1. The minimum absolute atomic E-state index is 0.0266. The summed E-state index contributed by atoms with van der Waals surface area (Å²) in [6.07, 6.45) is 0.712. The number of hydrogen-bond acceptors (Lipinski definition) is 3. The van der Waals surface area contributed by atoms with Gasteiger partial charge in [-0.25, -0.2) is 4.79 Å². The number of rotatable bonds is 1. The third kappa shape index (κ3) is 2.53. The first-order valence-corrected chi connectivity index (χ1v) is 5.14. The Kier molecular flexibility index (Phi) is 3.26. The minimum Gasteiger partial charge on any atom is -0.465 e. The third-order valence-electron chi connectivity index (χ3n) is 2.54. The molecule has 5 heteroatoms. The number of carboxylic acid groups (broad SMARTS) is 1. The molecule has 16 heavy (non-hydrogen) atoms. The van der Waals surface area contributed by atoms with E-state index in [1.807, 2.05) is 14.1 Å². The molecule has 1 aliphatic rings. The second kappa shape index (κ2) is 4.15. The highest BCUT2D eigenvalue weighted by Crippen LogP contribution is 2.28. The maximum absolute atomic E-state index is 12.0. The van der Waals surface area contributed by atoms with Crippen LogP contribution in [0.1, 0.15) is 13.8 Å². The largest absolute Gasteiger partial charge is 0.465 e. The van der Waals surface area contributed by atoms with Crippen LogP contribution in [0.5, 0.6) is 0 Å². The Bertz CT molecular complexity index is 345. The van der Waals surface area contributed by atoms with E-state index in [2.05, 4.69) is 0 Å². The maximum Gasteiger partial charge on any atom is 0.407 e. The van der Waals surface area contributed by atoms with Crippen molar-refractivity contribution in [2.45, 2.75) is 13.8 Å². The van der Waals surface area contributed by atoms with Crippen molar-refractivity contribution in [3.63, 3.8) is 0 Å². The van der Waals surface area contributed by atoms with Gasteiger partial charge in [0, 0.05) is 37.8 Å². The Balaban J connectivity index is 3.01. The molecule has 0 aromatic rings. The van der Waals surface area contributed by atoms with E-state index in [1.54, 1.807) is 24.9 Å². The zero-order chi connectivity index (χ0) is 12.5. The Morgan fingerprint density at radius 3 is 2.50 bits per heavy atom. The Hall–Kier alpha value is -1.52. The van der Waals surface area contributed by atoms with Crippen LogP contribution in [0.4, 0.5) is 4.79 Å². The van der Waals surface area contributed by atoms with Crippen molar-refractivity contribution in [3.05, 3.63) is 11.8 Å². The molecule has 1 aliphatic heterocycles. The summed E-state index contributed by atoms with van der Waals surface area (Å²) < 4.78 is 0. The Morgan fingerprint density at radius 1 is 1.50 bits per heavy atom. The molecule has 5 nitrogen and oxygen atoms in total. The maximum atomic E-state index is 12.0. The lowest BCUT2D eigenvalue weighted by Crippen LogP contribution is -2.49. The van der Waals surface area contributed by atoms with Crippen LogP contribution in [0.3, 0.4) is 0 Å². The van der Waals surface area contributed by atoms with Crippen molar-refractivity contribution in [2.75, 3.05) is 27.2 Å². The van der Waals surface area contributed by atoms with Gasteiger partial charge in [0.1, 0.15) is 0 Å². The standard InChI is InChI=1S/C11H18N2O3/c1-11(2)7-13(10(15)16)6-8(9(11)14)5-12(3)4/h5H,6-7H2,1-4H3,(H,15,16)/b8-5-. The molecule has 0 spiro atoms. The second-order valence-corrected chi connectivity index (χ2v) is 4.97. The van der Waals surface area contributed by atoms with Crippen molar-refractivity contribution in [2.24, 2.45) is 5.41 Å². The van der Waals surface area contributed by atoms with Gasteiger partial charge in [0.2, 0.25) is 0 Å². The third-order valence-corrected chi connectivity index (χ3v) is 2.54. The summed E-state index contributed by atoms with van der Waals surface area (Å²) in [6.45, 7) is 3.98. The number of Topliss-reactive ketones (excluding diaryl/α,β-unsaturated/α-hetero) is 1. The van der Waals surface area contributed by atoms with Gasteiger partial charge in [0.25, 0.3) is 0 Å². The monoisotopic (exact) mass is 226 g/mol. The van der Waals surface area contributed by atoms with Gasteiger partial charge in [-0.05, 0) is 0 Å². The average Bonchev–Trinajstić information content (AvgIpc) is 2.11. The van der Waals surface area contributed by atoms with E-state index < -0.39 is 11.5 Å². The molecule has 0 radical (unpaired) electrons. The van der Waals surface area contributed by atoms with Crippen molar-refractivity contribution >= 4 is 11.9 Å². The summed E-state index contributed by atoms with van der Waals surface area (Å²) in [5.74, 6) is 0.0266. The molecule has 0 atom stereocenters. The highest BCUT2D eigenvalue weighted by Gasteiger charge is 2.39. The zero-order valence-electron chi connectivity index (χ0n) is 10.1. The predicted molar refractivity (Wildman–Crippen MR) is 60.2 cm³/mol. The molecule has 1 saturated heterocycles.